The molecule has 2 aromatic carbocycles. The highest BCUT2D eigenvalue weighted by Gasteiger charge is 2.06. The maximum atomic E-state index is 11.8. The van der Waals surface area contributed by atoms with E-state index in [9.17, 15) is 9.90 Å². The summed E-state index contributed by atoms with van der Waals surface area (Å²) in [5.41, 5.74) is 2.56. The molecule has 0 aliphatic heterocycles. The Morgan fingerprint density at radius 1 is 1.11 bits per heavy atom. The molecule has 2 rings (SSSR count). The lowest BCUT2D eigenvalue weighted by Gasteiger charge is -2.07. The fourth-order valence-electron chi connectivity index (χ4n) is 1.67. The Morgan fingerprint density at radius 2 is 1.78 bits per heavy atom. The number of amides is 1. The molecule has 0 aliphatic carbocycles. The smallest absolute Gasteiger partial charge is 0.228 e. The molecular weight excluding hydrogens is 226 g/mol. The van der Waals surface area contributed by atoms with Gasteiger partial charge in [-0.2, -0.15) is 0 Å². The van der Waals surface area contributed by atoms with Crippen LogP contribution in [-0.2, 0) is 11.2 Å². The minimum Gasteiger partial charge on any atom is -0.506 e. The van der Waals surface area contributed by atoms with Crippen molar-refractivity contribution in [2.45, 2.75) is 13.3 Å². The molecule has 3 nitrogen and oxygen atoms in total. The first-order valence-electron chi connectivity index (χ1n) is 5.78. The van der Waals surface area contributed by atoms with E-state index in [0.29, 0.717) is 12.1 Å². The highest BCUT2D eigenvalue weighted by atomic mass is 16.3. The van der Waals surface area contributed by atoms with Crippen molar-refractivity contribution >= 4 is 11.6 Å². The van der Waals surface area contributed by atoms with Gasteiger partial charge in [-0.15, -0.1) is 0 Å². The van der Waals surface area contributed by atoms with Gasteiger partial charge in [0.1, 0.15) is 5.75 Å². The fraction of sp³-hybridized carbons (Fsp3) is 0.133. The lowest BCUT2D eigenvalue weighted by molar-refractivity contribution is -0.115. The van der Waals surface area contributed by atoms with Crippen molar-refractivity contribution in [2.24, 2.45) is 0 Å². The second-order valence-corrected chi connectivity index (χ2v) is 4.23. The summed E-state index contributed by atoms with van der Waals surface area (Å²) < 4.78 is 0. The summed E-state index contributed by atoms with van der Waals surface area (Å²) in [4.78, 5) is 11.8. The van der Waals surface area contributed by atoms with Crippen LogP contribution < -0.4 is 5.32 Å². The molecule has 0 spiro atoms. The Balaban J connectivity index is 2.01. The maximum Gasteiger partial charge on any atom is 0.228 e. The second-order valence-electron chi connectivity index (χ2n) is 4.23. The predicted octanol–water partition coefficient (Wildman–Crippen LogP) is 2.88. The van der Waals surface area contributed by atoms with E-state index in [4.69, 9.17) is 0 Å². The summed E-state index contributed by atoms with van der Waals surface area (Å²) in [5, 5.41) is 12.2. The standard InChI is InChI=1S/C15H15NO2/c1-11-6-8-12(9-7-11)10-15(18)16-13-4-2-3-5-14(13)17/h2-9,17H,10H2,1H3,(H,16,18). The molecule has 0 heterocycles. The zero-order valence-corrected chi connectivity index (χ0v) is 10.2. The van der Waals surface area contributed by atoms with Gasteiger partial charge in [0.15, 0.2) is 0 Å². The number of anilines is 1. The van der Waals surface area contributed by atoms with Crippen LogP contribution in [0.3, 0.4) is 0 Å². The molecule has 0 saturated heterocycles. The number of benzene rings is 2. The van der Waals surface area contributed by atoms with Crippen LogP contribution in [0.2, 0.25) is 0 Å². The first-order chi connectivity index (χ1) is 8.65. The summed E-state index contributed by atoms with van der Waals surface area (Å²) in [6, 6.07) is 14.5. The van der Waals surface area contributed by atoms with Crippen LogP contribution in [0.1, 0.15) is 11.1 Å². The molecule has 0 aromatic heterocycles. The number of phenolic OH excluding ortho intramolecular Hbond substituents is 1. The van der Waals surface area contributed by atoms with Crippen molar-refractivity contribution in [3.63, 3.8) is 0 Å². The number of aryl methyl sites for hydroxylation is 1. The molecule has 2 N–H and O–H groups in total. The predicted molar refractivity (Wildman–Crippen MR) is 71.6 cm³/mol. The monoisotopic (exact) mass is 241 g/mol. The van der Waals surface area contributed by atoms with E-state index in [1.807, 2.05) is 31.2 Å². The Kier molecular flexibility index (Phi) is 3.63. The zero-order chi connectivity index (χ0) is 13.0. The highest BCUT2D eigenvalue weighted by Crippen LogP contribution is 2.21. The van der Waals surface area contributed by atoms with Crippen LogP contribution in [0.25, 0.3) is 0 Å². The topological polar surface area (TPSA) is 49.3 Å². The van der Waals surface area contributed by atoms with E-state index in [1.54, 1.807) is 24.3 Å². The summed E-state index contributed by atoms with van der Waals surface area (Å²) in [6.45, 7) is 2.01. The Bertz CT molecular complexity index is 547. The third-order valence-electron chi connectivity index (χ3n) is 2.66. The van der Waals surface area contributed by atoms with Gasteiger partial charge >= 0.3 is 0 Å². The van der Waals surface area contributed by atoms with Gasteiger partial charge in [0.05, 0.1) is 12.1 Å². The lowest BCUT2D eigenvalue weighted by atomic mass is 10.1. The molecule has 18 heavy (non-hydrogen) atoms. The normalized spacial score (nSPS) is 10.1. The molecule has 0 aliphatic rings. The van der Waals surface area contributed by atoms with E-state index < -0.39 is 0 Å². The molecule has 0 atom stereocenters. The lowest BCUT2D eigenvalue weighted by Crippen LogP contribution is -2.14. The van der Waals surface area contributed by atoms with Crippen LogP contribution in [0, 0.1) is 6.92 Å². The first kappa shape index (κ1) is 12.2. The molecule has 1 amide bonds. The molecule has 0 saturated carbocycles. The molecule has 0 unspecified atom stereocenters. The van der Waals surface area contributed by atoms with Crippen LogP contribution in [-0.4, -0.2) is 11.0 Å². The number of hydrogen-bond acceptors (Lipinski definition) is 2. The average Bonchev–Trinajstić information content (AvgIpc) is 2.35. The third-order valence-corrected chi connectivity index (χ3v) is 2.66. The van der Waals surface area contributed by atoms with E-state index >= 15 is 0 Å². The van der Waals surface area contributed by atoms with Gasteiger partial charge in [-0.3, -0.25) is 4.79 Å². The van der Waals surface area contributed by atoms with Gasteiger partial charge in [-0.1, -0.05) is 42.0 Å². The van der Waals surface area contributed by atoms with Crippen molar-refractivity contribution in [1.29, 1.82) is 0 Å². The van der Waals surface area contributed by atoms with E-state index in [1.165, 1.54) is 5.56 Å². The maximum absolute atomic E-state index is 11.8. The number of phenols is 1. The summed E-state index contributed by atoms with van der Waals surface area (Å²) in [7, 11) is 0. The number of rotatable bonds is 3. The molecule has 0 bridgehead atoms. The number of para-hydroxylation sites is 2. The number of nitrogens with one attached hydrogen (secondary N) is 1. The van der Waals surface area contributed by atoms with E-state index in [2.05, 4.69) is 5.32 Å². The van der Waals surface area contributed by atoms with Crippen molar-refractivity contribution in [3.05, 3.63) is 59.7 Å². The quantitative estimate of drug-likeness (QED) is 0.812. The van der Waals surface area contributed by atoms with Crippen LogP contribution in [0.5, 0.6) is 5.75 Å². The Morgan fingerprint density at radius 3 is 2.44 bits per heavy atom. The summed E-state index contributed by atoms with van der Waals surface area (Å²) >= 11 is 0. The van der Waals surface area contributed by atoms with Crippen molar-refractivity contribution in [1.82, 2.24) is 0 Å². The molecule has 0 fully saturated rings. The van der Waals surface area contributed by atoms with Crippen LogP contribution in [0.15, 0.2) is 48.5 Å². The number of carbonyl (C=O) groups excluding carboxylic acids is 1. The van der Waals surface area contributed by atoms with Crippen molar-refractivity contribution in [2.75, 3.05) is 5.32 Å². The average molecular weight is 241 g/mol. The largest absolute Gasteiger partial charge is 0.506 e. The molecule has 2 aromatic rings. The number of carbonyl (C=O) groups is 1. The van der Waals surface area contributed by atoms with Crippen molar-refractivity contribution < 1.29 is 9.90 Å². The molecular formula is C15H15NO2. The van der Waals surface area contributed by atoms with Gasteiger partial charge in [0.25, 0.3) is 0 Å². The van der Waals surface area contributed by atoms with Gasteiger partial charge in [-0.05, 0) is 24.6 Å². The molecule has 3 heteroatoms. The third kappa shape index (κ3) is 3.10. The Hall–Kier alpha value is -2.29. The van der Waals surface area contributed by atoms with E-state index in [0.717, 1.165) is 5.56 Å². The summed E-state index contributed by atoms with van der Waals surface area (Å²) in [6.07, 6.45) is 0.300. The number of hydrogen-bond donors (Lipinski definition) is 2. The minimum absolute atomic E-state index is 0.0785. The Labute approximate surface area is 106 Å². The van der Waals surface area contributed by atoms with Gasteiger partial charge in [0.2, 0.25) is 5.91 Å². The van der Waals surface area contributed by atoms with Crippen LogP contribution in [0.4, 0.5) is 5.69 Å². The van der Waals surface area contributed by atoms with Gasteiger partial charge in [-0.25, -0.2) is 0 Å². The summed E-state index contributed by atoms with van der Waals surface area (Å²) in [5.74, 6) is -0.0601. The van der Waals surface area contributed by atoms with E-state index in [-0.39, 0.29) is 11.7 Å². The number of aromatic hydroxyl groups is 1. The minimum atomic E-state index is -0.139. The first-order valence-corrected chi connectivity index (χ1v) is 5.78. The zero-order valence-electron chi connectivity index (χ0n) is 10.2. The van der Waals surface area contributed by atoms with Crippen molar-refractivity contribution in [3.8, 4) is 5.75 Å². The fourth-order valence-corrected chi connectivity index (χ4v) is 1.67. The van der Waals surface area contributed by atoms with Gasteiger partial charge in [0, 0.05) is 0 Å². The molecule has 92 valence electrons. The second kappa shape index (κ2) is 5.36. The van der Waals surface area contributed by atoms with Gasteiger partial charge < -0.3 is 10.4 Å². The van der Waals surface area contributed by atoms with Crippen LogP contribution >= 0.6 is 0 Å². The highest BCUT2D eigenvalue weighted by molar-refractivity contribution is 5.93. The SMILES string of the molecule is Cc1ccc(CC(=O)Nc2ccccc2O)cc1. The molecule has 0 radical (unpaired) electrons.